The van der Waals surface area contributed by atoms with Crippen LogP contribution in [0.4, 0.5) is 13.2 Å². The quantitative estimate of drug-likeness (QED) is 0.842. The number of carbonyl (C=O) groups excluding carboxylic acids is 1. The topological polar surface area (TPSA) is 41.4 Å². The largest absolute Gasteiger partial charge is 0.435 e. The summed E-state index contributed by atoms with van der Waals surface area (Å²) in [5.41, 5.74) is -0.957. The summed E-state index contributed by atoms with van der Waals surface area (Å²) >= 11 is 0. The fourth-order valence-corrected chi connectivity index (χ4v) is 4.01. The Hall–Kier alpha value is -1.57. The van der Waals surface area contributed by atoms with Crippen LogP contribution in [0.3, 0.4) is 0 Å². The number of hydrogen-bond donors (Lipinski definition) is 0. The van der Waals surface area contributed by atoms with E-state index in [4.69, 9.17) is 0 Å². The highest BCUT2D eigenvalue weighted by Crippen LogP contribution is 2.30. The number of likely N-dealkylation sites (tertiary alicyclic amines) is 2. The van der Waals surface area contributed by atoms with E-state index in [1.54, 1.807) is 0 Å². The predicted octanol–water partition coefficient (Wildman–Crippen LogP) is 2.38. The number of hydrogen-bond acceptors (Lipinski definition) is 3. The van der Waals surface area contributed by atoms with Crippen LogP contribution in [-0.2, 0) is 17.5 Å². The van der Waals surface area contributed by atoms with Gasteiger partial charge in [-0.3, -0.25) is 14.4 Å². The van der Waals surface area contributed by atoms with Gasteiger partial charge in [-0.1, -0.05) is 6.92 Å². The molecule has 134 valence electrons. The van der Waals surface area contributed by atoms with Crippen molar-refractivity contribution < 1.29 is 18.0 Å². The van der Waals surface area contributed by atoms with Crippen LogP contribution in [0.25, 0.3) is 0 Å². The SMILES string of the molecule is CCN1CCC[C@@H]1[C@@H]1CCCN1C(=O)Cn1ccc(C(F)(F)F)n1. The Bertz CT molecular complexity index is 586. The molecular weight excluding hydrogens is 321 g/mol. The molecule has 2 aliphatic heterocycles. The molecule has 2 fully saturated rings. The smallest absolute Gasteiger partial charge is 0.337 e. The predicted molar refractivity (Wildman–Crippen MR) is 82.2 cm³/mol. The summed E-state index contributed by atoms with van der Waals surface area (Å²) in [6.07, 6.45) is 0.903. The molecule has 1 aromatic heterocycles. The van der Waals surface area contributed by atoms with Crippen molar-refractivity contribution >= 4 is 5.91 Å². The van der Waals surface area contributed by atoms with Crippen molar-refractivity contribution in [3.63, 3.8) is 0 Å². The van der Waals surface area contributed by atoms with Gasteiger partial charge in [0.1, 0.15) is 6.54 Å². The van der Waals surface area contributed by atoms with Gasteiger partial charge in [-0.15, -0.1) is 0 Å². The van der Waals surface area contributed by atoms with Crippen LogP contribution in [-0.4, -0.2) is 57.2 Å². The van der Waals surface area contributed by atoms with E-state index in [0.29, 0.717) is 12.6 Å². The van der Waals surface area contributed by atoms with E-state index in [1.165, 1.54) is 6.20 Å². The highest BCUT2D eigenvalue weighted by molar-refractivity contribution is 5.76. The first-order chi connectivity index (χ1) is 11.4. The van der Waals surface area contributed by atoms with Crippen LogP contribution >= 0.6 is 0 Å². The van der Waals surface area contributed by atoms with Gasteiger partial charge in [0.25, 0.3) is 0 Å². The van der Waals surface area contributed by atoms with Gasteiger partial charge < -0.3 is 4.90 Å². The molecule has 1 amide bonds. The first kappa shape index (κ1) is 17.3. The maximum atomic E-state index is 12.6. The maximum Gasteiger partial charge on any atom is 0.435 e. The van der Waals surface area contributed by atoms with Gasteiger partial charge in [0.05, 0.1) is 0 Å². The summed E-state index contributed by atoms with van der Waals surface area (Å²) < 4.78 is 38.9. The Morgan fingerprint density at radius 3 is 2.62 bits per heavy atom. The monoisotopic (exact) mass is 344 g/mol. The molecule has 0 aromatic carbocycles. The van der Waals surface area contributed by atoms with Crippen LogP contribution in [0.5, 0.6) is 0 Å². The number of carbonyl (C=O) groups is 1. The summed E-state index contributed by atoms with van der Waals surface area (Å²) in [6, 6.07) is 1.47. The molecule has 24 heavy (non-hydrogen) atoms. The highest BCUT2D eigenvalue weighted by Gasteiger charge is 2.39. The number of rotatable bonds is 4. The molecule has 2 saturated heterocycles. The second-order valence-corrected chi connectivity index (χ2v) is 6.53. The molecule has 8 heteroatoms. The standard InChI is InChI=1S/C16H23F3N4O/c1-2-21-8-3-5-12(21)13-6-4-9-23(13)15(24)11-22-10-7-14(20-22)16(17,18)19/h7,10,12-13H,2-6,8-9,11H2,1H3/t12-,13+/m1/s1. The Morgan fingerprint density at radius 1 is 1.25 bits per heavy atom. The molecule has 5 nitrogen and oxygen atoms in total. The lowest BCUT2D eigenvalue weighted by Crippen LogP contribution is -2.49. The number of nitrogens with zero attached hydrogens (tertiary/aromatic N) is 4. The Kier molecular flexibility index (Phi) is 4.85. The summed E-state index contributed by atoms with van der Waals surface area (Å²) in [5.74, 6) is -0.141. The average Bonchev–Trinajstić information content (AvgIpc) is 3.25. The van der Waals surface area contributed by atoms with E-state index in [9.17, 15) is 18.0 Å². The Balaban J connectivity index is 1.66. The van der Waals surface area contributed by atoms with Crippen molar-refractivity contribution in [2.24, 2.45) is 0 Å². The van der Waals surface area contributed by atoms with E-state index < -0.39 is 11.9 Å². The molecule has 0 aliphatic carbocycles. The van der Waals surface area contributed by atoms with Crippen LogP contribution in [0.1, 0.15) is 38.3 Å². The molecule has 0 radical (unpaired) electrons. The number of likely N-dealkylation sites (N-methyl/N-ethyl adjacent to an activating group) is 1. The molecule has 1 aromatic rings. The van der Waals surface area contributed by atoms with Gasteiger partial charge in [0.15, 0.2) is 5.69 Å². The number of amides is 1. The minimum atomic E-state index is -4.48. The third-order valence-corrected chi connectivity index (χ3v) is 5.11. The van der Waals surface area contributed by atoms with Crippen molar-refractivity contribution in [2.45, 2.75) is 57.4 Å². The van der Waals surface area contributed by atoms with E-state index in [0.717, 1.165) is 49.5 Å². The Morgan fingerprint density at radius 2 is 1.96 bits per heavy atom. The zero-order valence-electron chi connectivity index (χ0n) is 13.8. The lowest BCUT2D eigenvalue weighted by Gasteiger charge is -2.34. The van der Waals surface area contributed by atoms with Crippen LogP contribution in [0.2, 0.25) is 0 Å². The van der Waals surface area contributed by atoms with Gasteiger partial charge in [-0.25, -0.2) is 0 Å². The third-order valence-electron chi connectivity index (χ3n) is 5.11. The minimum absolute atomic E-state index is 0.134. The zero-order chi connectivity index (χ0) is 17.3. The minimum Gasteiger partial charge on any atom is -0.337 e. The number of alkyl halides is 3. The summed E-state index contributed by atoms with van der Waals surface area (Å²) in [6.45, 7) is 4.71. The summed E-state index contributed by atoms with van der Waals surface area (Å²) in [4.78, 5) is 16.9. The van der Waals surface area contributed by atoms with Gasteiger partial charge in [0, 0.05) is 24.8 Å². The van der Waals surface area contributed by atoms with E-state index in [1.807, 2.05) is 4.90 Å². The fourth-order valence-electron chi connectivity index (χ4n) is 4.01. The zero-order valence-corrected chi connectivity index (χ0v) is 13.8. The molecule has 2 atom stereocenters. The maximum absolute atomic E-state index is 12.6. The molecule has 0 saturated carbocycles. The lowest BCUT2D eigenvalue weighted by molar-refractivity contribution is -0.142. The van der Waals surface area contributed by atoms with Gasteiger partial charge in [0.2, 0.25) is 5.91 Å². The molecule has 3 rings (SSSR count). The van der Waals surface area contributed by atoms with Crippen molar-refractivity contribution in [3.05, 3.63) is 18.0 Å². The van der Waals surface area contributed by atoms with E-state index in [2.05, 4.69) is 16.9 Å². The average molecular weight is 344 g/mol. The first-order valence-electron chi connectivity index (χ1n) is 8.54. The molecule has 2 aliphatic rings. The first-order valence-corrected chi connectivity index (χ1v) is 8.54. The van der Waals surface area contributed by atoms with Crippen LogP contribution in [0, 0.1) is 0 Å². The lowest BCUT2D eigenvalue weighted by atomic mass is 10.0. The van der Waals surface area contributed by atoms with E-state index >= 15 is 0 Å². The molecule has 3 heterocycles. The second-order valence-electron chi connectivity index (χ2n) is 6.53. The molecular formula is C16H23F3N4O. The van der Waals surface area contributed by atoms with Crippen molar-refractivity contribution in [1.82, 2.24) is 19.6 Å². The Labute approximate surface area is 139 Å². The van der Waals surface area contributed by atoms with Crippen molar-refractivity contribution in [2.75, 3.05) is 19.6 Å². The molecule has 0 N–H and O–H groups in total. The second kappa shape index (κ2) is 6.74. The van der Waals surface area contributed by atoms with Gasteiger partial charge in [-0.05, 0) is 44.8 Å². The summed E-state index contributed by atoms with van der Waals surface area (Å²) in [5, 5.41) is 3.48. The summed E-state index contributed by atoms with van der Waals surface area (Å²) in [7, 11) is 0. The molecule has 0 bridgehead atoms. The van der Waals surface area contributed by atoms with Gasteiger partial charge in [-0.2, -0.15) is 18.3 Å². The van der Waals surface area contributed by atoms with E-state index in [-0.39, 0.29) is 18.5 Å². The van der Waals surface area contributed by atoms with Crippen molar-refractivity contribution in [3.8, 4) is 0 Å². The molecule has 0 unspecified atom stereocenters. The van der Waals surface area contributed by atoms with Gasteiger partial charge >= 0.3 is 6.18 Å². The number of halogens is 3. The fraction of sp³-hybridized carbons (Fsp3) is 0.750. The third kappa shape index (κ3) is 3.43. The van der Waals surface area contributed by atoms with Crippen LogP contribution < -0.4 is 0 Å². The highest BCUT2D eigenvalue weighted by atomic mass is 19.4. The van der Waals surface area contributed by atoms with Crippen LogP contribution in [0.15, 0.2) is 12.3 Å². The van der Waals surface area contributed by atoms with Crippen molar-refractivity contribution in [1.29, 1.82) is 0 Å². The number of aromatic nitrogens is 2. The molecule has 0 spiro atoms. The normalized spacial score (nSPS) is 25.6.